The molecule has 3 nitrogen and oxygen atoms in total. The van der Waals surface area contributed by atoms with Gasteiger partial charge in [0.1, 0.15) is 11.6 Å². The summed E-state index contributed by atoms with van der Waals surface area (Å²) in [5.41, 5.74) is 1.61. The maximum absolute atomic E-state index is 4.89. The summed E-state index contributed by atoms with van der Waals surface area (Å²) in [6, 6.07) is 0. The summed E-state index contributed by atoms with van der Waals surface area (Å²) in [6.45, 7) is 12.1. The van der Waals surface area contributed by atoms with Crippen molar-refractivity contribution in [2.24, 2.45) is 5.41 Å². The van der Waals surface area contributed by atoms with Crippen LogP contribution >= 0.6 is 15.9 Å². The molecule has 0 amide bonds. The molecule has 1 fully saturated rings. The monoisotopic (exact) mass is 353 g/mol. The Labute approximate surface area is 137 Å². The smallest absolute Gasteiger partial charge is 0.144 e. The first kappa shape index (κ1) is 16.7. The standard InChI is InChI=1S/C17H28BrN3/c1-6-19-16-13(18)14(11(2)3)20-15(21-16)12-7-9-17(4,5)10-8-12/h11-12H,6-10H2,1-5H3,(H,19,20,21). The second-order valence-corrected chi connectivity index (χ2v) is 8.05. The fraction of sp³-hybridized carbons (Fsp3) is 0.765. The molecule has 1 aliphatic rings. The van der Waals surface area contributed by atoms with Crippen LogP contribution in [0.3, 0.4) is 0 Å². The predicted octanol–water partition coefficient (Wildman–Crippen LogP) is 5.48. The molecule has 21 heavy (non-hydrogen) atoms. The van der Waals surface area contributed by atoms with Gasteiger partial charge in [-0.3, -0.25) is 0 Å². The third kappa shape index (κ3) is 3.97. The maximum atomic E-state index is 4.89. The van der Waals surface area contributed by atoms with Gasteiger partial charge >= 0.3 is 0 Å². The number of anilines is 1. The molecule has 0 saturated heterocycles. The van der Waals surface area contributed by atoms with Gasteiger partial charge in [0.05, 0.1) is 10.2 Å². The van der Waals surface area contributed by atoms with Crippen molar-refractivity contribution in [2.45, 2.75) is 72.1 Å². The van der Waals surface area contributed by atoms with E-state index in [0.717, 1.165) is 28.4 Å². The zero-order valence-corrected chi connectivity index (χ0v) is 15.5. The molecular weight excluding hydrogens is 326 g/mol. The molecule has 0 spiro atoms. The Kier molecular flexibility index (Phi) is 5.29. The second kappa shape index (κ2) is 6.64. The van der Waals surface area contributed by atoms with Crippen molar-refractivity contribution in [1.29, 1.82) is 0 Å². The summed E-state index contributed by atoms with van der Waals surface area (Å²) in [5, 5.41) is 3.37. The molecule has 1 aromatic heterocycles. The molecule has 0 atom stereocenters. The van der Waals surface area contributed by atoms with Gasteiger partial charge in [-0.05, 0) is 59.9 Å². The molecular formula is C17H28BrN3. The minimum absolute atomic E-state index is 0.401. The van der Waals surface area contributed by atoms with Gasteiger partial charge in [0.2, 0.25) is 0 Å². The Morgan fingerprint density at radius 1 is 1.24 bits per heavy atom. The lowest BCUT2D eigenvalue weighted by molar-refractivity contribution is 0.220. The molecule has 1 heterocycles. The largest absolute Gasteiger partial charge is 0.369 e. The molecule has 0 aromatic carbocycles. The van der Waals surface area contributed by atoms with Crippen LogP contribution < -0.4 is 5.32 Å². The molecule has 1 saturated carbocycles. The molecule has 0 radical (unpaired) electrons. The van der Waals surface area contributed by atoms with Crippen LogP contribution in [-0.4, -0.2) is 16.5 Å². The number of rotatable bonds is 4. The van der Waals surface area contributed by atoms with Gasteiger partial charge in [0.25, 0.3) is 0 Å². The first-order valence-electron chi connectivity index (χ1n) is 8.15. The van der Waals surface area contributed by atoms with Crippen LogP contribution in [0.15, 0.2) is 4.47 Å². The predicted molar refractivity (Wildman–Crippen MR) is 93.0 cm³/mol. The molecule has 1 aromatic rings. The highest BCUT2D eigenvalue weighted by Crippen LogP contribution is 2.42. The number of aromatic nitrogens is 2. The van der Waals surface area contributed by atoms with Crippen LogP contribution in [0.1, 0.15) is 83.7 Å². The maximum Gasteiger partial charge on any atom is 0.144 e. The number of nitrogens with zero attached hydrogens (tertiary/aromatic N) is 2. The number of nitrogens with one attached hydrogen (secondary N) is 1. The Morgan fingerprint density at radius 2 is 1.86 bits per heavy atom. The molecule has 4 heteroatoms. The second-order valence-electron chi connectivity index (χ2n) is 7.25. The highest BCUT2D eigenvalue weighted by atomic mass is 79.9. The molecule has 2 rings (SSSR count). The third-order valence-electron chi connectivity index (χ3n) is 4.49. The van der Waals surface area contributed by atoms with Crippen LogP contribution in [0.4, 0.5) is 5.82 Å². The van der Waals surface area contributed by atoms with E-state index in [9.17, 15) is 0 Å². The first-order valence-corrected chi connectivity index (χ1v) is 8.94. The van der Waals surface area contributed by atoms with E-state index in [-0.39, 0.29) is 0 Å². The van der Waals surface area contributed by atoms with Crippen molar-refractivity contribution in [3.8, 4) is 0 Å². The zero-order valence-electron chi connectivity index (χ0n) is 14.0. The third-order valence-corrected chi connectivity index (χ3v) is 5.27. The van der Waals surface area contributed by atoms with E-state index in [1.165, 1.54) is 25.7 Å². The van der Waals surface area contributed by atoms with Gasteiger partial charge in [-0.1, -0.05) is 27.7 Å². The lowest BCUT2D eigenvalue weighted by Crippen LogP contribution is -2.22. The summed E-state index contributed by atoms with van der Waals surface area (Å²) in [7, 11) is 0. The fourth-order valence-corrected chi connectivity index (χ4v) is 3.76. The van der Waals surface area contributed by atoms with Crippen molar-refractivity contribution >= 4 is 21.7 Å². The summed E-state index contributed by atoms with van der Waals surface area (Å²) in [4.78, 5) is 9.70. The summed E-state index contributed by atoms with van der Waals surface area (Å²) >= 11 is 3.67. The summed E-state index contributed by atoms with van der Waals surface area (Å²) < 4.78 is 1.03. The summed E-state index contributed by atoms with van der Waals surface area (Å²) in [5.74, 6) is 2.91. The highest BCUT2D eigenvalue weighted by Gasteiger charge is 2.30. The van der Waals surface area contributed by atoms with Gasteiger partial charge in [-0.25, -0.2) is 9.97 Å². The lowest BCUT2D eigenvalue weighted by atomic mass is 9.73. The number of hydrogen-bond donors (Lipinski definition) is 1. The zero-order chi connectivity index (χ0) is 15.6. The van der Waals surface area contributed by atoms with E-state index in [2.05, 4.69) is 55.9 Å². The number of hydrogen-bond acceptors (Lipinski definition) is 3. The van der Waals surface area contributed by atoms with Crippen LogP contribution in [0.2, 0.25) is 0 Å². The Bertz CT molecular complexity index is 487. The fourth-order valence-electron chi connectivity index (χ4n) is 2.99. The Morgan fingerprint density at radius 3 is 2.38 bits per heavy atom. The average Bonchev–Trinajstić information content (AvgIpc) is 2.41. The normalized spacial score (nSPS) is 19.0. The van der Waals surface area contributed by atoms with Gasteiger partial charge < -0.3 is 5.32 Å². The van der Waals surface area contributed by atoms with E-state index in [1.807, 2.05) is 0 Å². The molecule has 0 aliphatic heterocycles. The van der Waals surface area contributed by atoms with Crippen LogP contribution in [0.5, 0.6) is 0 Å². The lowest BCUT2D eigenvalue weighted by Gasteiger charge is -2.34. The van der Waals surface area contributed by atoms with Gasteiger partial charge in [-0.15, -0.1) is 0 Å². The Hall–Kier alpha value is -0.640. The van der Waals surface area contributed by atoms with Gasteiger partial charge in [0, 0.05) is 12.5 Å². The number of halogens is 1. The van der Waals surface area contributed by atoms with Crippen molar-refractivity contribution in [3.05, 3.63) is 16.0 Å². The summed E-state index contributed by atoms with van der Waals surface area (Å²) in [6.07, 6.45) is 4.95. The van der Waals surface area contributed by atoms with Crippen LogP contribution in [0.25, 0.3) is 0 Å². The minimum atomic E-state index is 0.401. The first-order chi connectivity index (χ1) is 9.84. The van der Waals surface area contributed by atoms with E-state index < -0.39 is 0 Å². The molecule has 118 valence electrons. The SMILES string of the molecule is CCNc1nc(C2CCC(C)(C)CC2)nc(C(C)C)c1Br. The average molecular weight is 354 g/mol. The molecule has 1 aliphatic carbocycles. The van der Waals surface area contributed by atoms with Crippen LogP contribution in [0, 0.1) is 5.41 Å². The van der Waals surface area contributed by atoms with E-state index >= 15 is 0 Å². The van der Waals surface area contributed by atoms with Crippen LogP contribution in [-0.2, 0) is 0 Å². The van der Waals surface area contributed by atoms with Crippen molar-refractivity contribution < 1.29 is 0 Å². The highest BCUT2D eigenvalue weighted by molar-refractivity contribution is 9.10. The molecule has 0 bridgehead atoms. The molecule has 0 unspecified atom stereocenters. The van der Waals surface area contributed by atoms with Crippen molar-refractivity contribution in [1.82, 2.24) is 9.97 Å². The van der Waals surface area contributed by atoms with Crippen molar-refractivity contribution in [2.75, 3.05) is 11.9 Å². The van der Waals surface area contributed by atoms with Gasteiger partial charge in [-0.2, -0.15) is 0 Å². The van der Waals surface area contributed by atoms with E-state index in [4.69, 9.17) is 9.97 Å². The Balaban J connectivity index is 2.31. The quantitative estimate of drug-likeness (QED) is 0.778. The van der Waals surface area contributed by atoms with Gasteiger partial charge in [0.15, 0.2) is 0 Å². The molecule has 1 N–H and O–H groups in total. The topological polar surface area (TPSA) is 37.8 Å². The minimum Gasteiger partial charge on any atom is -0.369 e. The van der Waals surface area contributed by atoms with Crippen molar-refractivity contribution in [3.63, 3.8) is 0 Å². The van der Waals surface area contributed by atoms with E-state index in [1.54, 1.807) is 0 Å². The van der Waals surface area contributed by atoms with E-state index in [0.29, 0.717) is 17.3 Å².